The zero-order valence-electron chi connectivity index (χ0n) is 10.5. The Kier molecular flexibility index (Phi) is 4.07. The molecule has 2 rings (SSSR count). The van der Waals surface area contributed by atoms with Crippen LogP contribution in [0.15, 0.2) is 18.2 Å². The highest BCUT2D eigenvalue weighted by Crippen LogP contribution is 2.27. The molecule has 4 heteroatoms. The number of carbonyl (C=O) groups is 1. The lowest BCUT2D eigenvalue weighted by molar-refractivity contribution is -0.122. The molecule has 18 heavy (non-hydrogen) atoms. The van der Waals surface area contributed by atoms with Crippen LogP contribution in [0.2, 0.25) is 0 Å². The second-order valence-electron chi connectivity index (χ2n) is 5.02. The Morgan fingerprint density at radius 2 is 2.11 bits per heavy atom. The van der Waals surface area contributed by atoms with E-state index in [2.05, 4.69) is 5.32 Å². The van der Waals surface area contributed by atoms with Crippen LogP contribution < -0.4 is 11.1 Å². The van der Waals surface area contributed by atoms with Crippen molar-refractivity contribution in [1.29, 1.82) is 0 Å². The van der Waals surface area contributed by atoms with Gasteiger partial charge in [0.1, 0.15) is 5.75 Å². The van der Waals surface area contributed by atoms with Crippen LogP contribution in [0.5, 0.6) is 5.75 Å². The Morgan fingerprint density at radius 1 is 1.39 bits per heavy atom. The average molecular weight is 248 g/mol. The van der Waals surface area contributed by atoms with Crippen LogP contribution in [0.4, 0.5) is 5.69 Å². The van der Waals surface area contributed by atoms with Gasteiger partial charge in [-0.15, -0.1) is 0 Å². The maximum absolute atomic E-state index is 11.7. The van der Waals surface area contributed by atoms with Gasteiger partial charge in [-0.2, -0.15) is 0 Å². The molecule has 0 heterocycles. The number of carbonyl (C=O) groups excluding carboxylic acids is 1. The summed E-state index contributed by atoms with van der Waals surface area (Å²) in [6.45, 7) is 0.336. The third kappa shape index (κ3) is 3.39. The van der Waals surface area contributed by atoms with E-state index in [0.717, 1.165) is 12.8 Å². The molecule has 4 N–H and O–H groups in total. The number of nitrogen functional groups attached to an aromatic ring is 1. The highest BCUT2D eigenvalue weighted by molar-refractivity contribution is 5.76. The van der Waals surface area contributed by atoms with Gasteiger partial charge in [-0.25, -0.2) is 0 Å². The van der Waals surface area contributed by atoms with Crippen LogP contribution >= 0.6 is 0 Å². The summed E-state index contributed by atoms with van der Waals surface area (Å²) in [5.74, 6) is 0.772. The smallest absolute Gasteiger partial charge is 0.220 e. The SMILES string of the molecule is Nc1ccc(O)c(CNC(=O)CC2CCCC2)c1. The molecule has 0 aromatic heterocycles. The molecule has 1 amide bonds. The van der Waals surface area contributed by atoms with E-state index in [1.54, 1.807) is 18.2 Å². The summed E-state index contributed by atoms with van der Waals surface area (Å²) in [6, 6.07) is 4.87. The summed E-state index contributed by atoms with van der Waals surface area (Å²) in [5, 5.41) is 12.5. The zero-order valence-corrected chi connectivity index (χ0v) is 10.5. The molecule has 0 aliphatic heterocycles. The fourth-order valence-corrected chi connectivity index (χ4v) is 2.49. The molecule has 1 saturated carbocycles. The number of hydrogen-bond donors (Lipinski definition) is 3. The molecule has 0 bridgehead atoms. The van der Waals surface area contributed by atoms with Crippen LogP contribution in [0.25, 0.3) is 0 Å². The summed E-state index contributed by atoms with van der Waals surface area (Å²) >= 11 is 0. The molecular weight excluding hydrogens is 228 g/mol. The highest BCUT2D eigenvalue weighted by Gasteiger charge is 2.18. The normalized spacial score (nSPS) is 15.8. The molecule has 1 aliphatic carbocycles. The van der Waals surface area contributed by atoms with Gasteiger partial charge < -0.3 is 16.2 Å². The predicted octanol–water partition coefficient (Wildman–Crippen LogP) is 2.17. The number of aromatic hydroxyl groups is 1. The predicted molar refractivity (Wildman–Crippen MR) is 70.9 cm³/mol. The Morgan fingerprint density at radius 3 is 2.83 bits per heavy atom. The number of rotatable bonds is 4. The van der Waals surface area contributed by atoms with Crippen molar-refractivity contribution < 1.29 is 9.90 Å². The molecule has 0 spiro atoms. The maximum Gasteiger partial charge on any atom is 0.220 e. The molecule has 1 aromatic rings. The molecule has 1 fully saturated rings. The van der Waals surface area contributed by atoms with Gasteiger partial charge in [0.05, 0.1) is 0 Å². The fourth-order valence-electron chi connectivity index (χ4n) is 2.49. The Hall–Kier alpha value is -1.71. The molecule has 0 unspecified atom stereocenters. The number of hydrogen-bond acceptors (Lipinski definition) is 3. The van der Waals surface area contributed by atoms with E-state index in [9.17, 15) is 9.90 Å². The van der Waals surface area contributed by atoms with Gasteiger partial charge in [-0.05, 0) is 37.0 Å². The third-order valence-electron chi connectivity index (χ3n) is 3.53. The van der Waals surface area contributed by atoms with E-state index in [1.807, 2.05) is 0 Å². The monoisotopic (exact) mass is 248 g/mol. The number of benzene rings is 1. The van der Waals surface area contributed by atoms with E-state index in [-0.39, 0.29) is 11.7 Å². The molecule has 0 radical (unpaired) electrons. The Bertz CT molecular complexity index is 426. The fraction of sp³-hybridized carbons (Fsp3) is 0.500. The Labute approximate surface area is 107 Å². The van der Waals surface area contributed by atoms with E-state index in [1.165, 1.54) is 12.8 Å². The van der Waals surface area contributed by atoms with E-state index >= 15 is 0 Å². The van der Waals surface area contributed by atoms with Gasteiger partial charge in [0.15, 0.2) is 0 Å². The van der Waals surface area contributed by atoms with E-state index in [0.29, 0.717) is 30.1 Å². The van der Waals surface area contributed by atoms with Gasteiger partial charge in [0, 0.05) is 24.2 Å². The topological polar surface area (TPSA) is 75.3 Å². The first kappa shape index (κ1) is 12.7. The van der Waals surface area contributed by atoms with Crippen LogP contribution in [-0.2, 0) is 11.3 Å². The molecule has 98 valence electrons. The number of nitrogens with two attached hydrogens (primary N) is 1. The molecule has 1 aromatic carbocycles. The maximum atomic E-state index is 11.7. The van der Waals surface area contributed by atoms with Gasteiger partial charge in [0.25, 0.3) is 0 Å². The number of amides is 1. The second-order valence-corrected chi connectivity index (χ2v) is 5.02. The Balaban J connectivity index is 1.83. The summed E-state index contributed by atoms with van der Waals surface area (Å²) < 4.78 is 0. The average Bonchev–Trinajstić information content (AvgIpc) is 2.83. The third-order valence-corrected chi connectivity index (χ3v) is 3.53. The minimum atomic E-state index is 0.0590. The lowest BCUT2D eigenvalue weighted by Gasteiger charge is -2.10. The van der Waals surface area contributed by atoms with Crippen molar-refractivity contribution in [3.63, 3.8) is 0 Å². The van der Waals surface area contributed by atoms with Crippen molar-refractivity contribution in [3.8, 4) is 5.75 Å². The van der Waals surface area contributed by atoms with Crippen LogP contribution in [-0.4, -0.2) is 11.0 Å². The number of nitrogens with one attached hydrogen (secondary N) is 1. The molecule has 0 saturated heterocycles. The molecule has 1 aliphatic rings. The van der Waals surface area contributed by atoms with Crippen molar-refractivity contribution in [2.24, 2.45) is 5.92 Å². The van der Waals surface area contributed by atoms with Crippen LogP contribution in [0.3, 0.4) is 0 Å². The summed E-state index contributed by atoms with van der Waals surface area (Å²) in [7, 11) is 0. The van der Waals surface area contributed by atoms with Gasteiger partial charge in [0.2, 0.25) is 5.91 Å². The lowest BCUT2D eigenvalue weighted by Crippen LogP contribution is -2.24. The summed E-state index contributed by atoms with van der Waals surface area (Å²) in [6.07, 6.45) is 5.42. The quantitative estimate of drug-likeness (QED) is 0.564. The van der Waals surface area contributed by atoms with Crippen molar-refractivity contribution >= 4 is 11.6 Å². The summed E-state index contributed by atoms with van der Waals surface area (Å²) in [4.78, 5) is 11.7. The van der Waals surface area contributed by atoms with Gasteiger partial charge in [-0.3, -0.25) is 4.79 Å². The van der Waals surface area contributed by atoms with Crippen LogP contribution in [0.1, 0.15) is 37.7 Å². The minimum absolute atomic E-state index is 0.0590. The molecule has 0 atom stereocenters. The standard InChI is InChI=1S/C14H20N2O2/c15-12-5-6-13(17)11(8-12)9-16-14(18)7-10-3-1-2-4-10/h5-6,8,10,17H,1-4,7,9,15H2,(H,16,18). The molecule has 4 nitrogen and oxygen atoms in total. The second kappa shape index (κ2) is 5.76. The number of anilines is 1. The van der Waals surface area contributed by atoms with Gasteiger partial charge >= 0.3 is 0 Å². The van der Waals surface area contributed by atoms with Gasteiger partial charge in [-0.1, -0.05) is 12.8 Å². The highest BCUT2D eigenvalue weighted by atomic mass is 16.3. The zero-order chi connectivity index (χ0) is 13.0. The van der Waals surface area contributed by atoms with E-state index in [4.69, 9.17) is 5.73 Å². The van der Waals surface area contributed by atoms with Crippen LogP contribution in [0, 0.1) is 5.92 Å². The summed E-state index contributed by atoms with van der Waals surface area (Å²) in [5.41, 5.74) is 6.89. The first-order valence-corrected chi connectivity index (χ1v) is 6.49. The largest absolute Gasteiger partial charge is 0.508 e. The lowest BCUT2D eigenvalue weighted by atomic mass is 10.0. The van der Waals surface area contributed by atoms with Crippen molar-refractivity contribution in [1.82, 2.24) is 5.32 Å². The first-order chi connectivity index (χ1) is 8.65. The van der Waals surface area contributed by atoms with Crippen molar-refractivity contribution in [3.05, 3.63) is 23.8 Å². The molecular formula is C14H20N2O2. The van der Waals surface area contributed by atoms with Crippen molar-refractivity contribution in [2.75, 3.05) is 5.73 Å². The number of phenols is 1. The van der Waals surface area contributed by atoms with Crippen molar-refractivity contribution in [2.45, 2.75) is 38.6 Å². The first-order valence-electron chi connectivity index (χ1n) is 6.49. The van der Waals surface area contributed by atoms with E-state index < -0.39 is 0 Å². The number of phenolic OH excluding ortho intramolecular Hbond substituents is 1. The minimum Gasteiger partial charge on any atom is -0.508 e.